The molecular weight excluding hydrogens is 919 g/mol. The van der Waals surface area contributed by atoms with Crippen LogP contribution >= 0.6 is 11.3 Å². The van der Waals surface area contributed by atoms with Gasteiger partial charge in [0.2, 0.25) is 23.6 Å². The zero-order valence-corrected chi connectivity index (χ0v) is 42.2. The number of nitrogens with one attached hydrogen (secondary N) is 5. The van der Waals surface area contributed by atoms with E-state index in [0.29, 0.717) is 49.6 Å². The van der Waals surface area contributed by atoms with E-state index in [-0.39, 0.29) is 49.6 Å². The number of anilines is 1. The number of fused-ring (bicyclic) bond motifs is 2. The number of hydrogen-bond donors (Lipinski definition) is 6. The highest BCUT2D eigenvalue weighted by molar-refractivity contribution is 7.13. The van der Waals surface area contributed by atoms with Crippen molar-refractivity contribution in [3.05, 3.63) is 95.0 Å². The molecule has 6 aromatic rings. The minimum absolute atomic E-state index is 0.00446. The Morgan fingerprint density at radius 2 is 1.72 bits per heavy atom. The van der Waals surface area contributed by atoms with Crippen molar-refractivity contribution in [3.8, 4) is 10.4 Å². The Hall–Kier alpha value is -6.50. The van der Waals surface area contributed by atoms with Crippen LogP contribution in [0.15, 0.2) is 72.4 Å². The van der Waals surface area contributed by atoms with Crippen molar-refractivity contribution in [1.82, 2.24) is 50.5 Å². The highest BCUT2D eigenvalue weighted by atomic mass is 32.1. The van der Waals surface area contributed by atoms with Gasteiger partial charge in [-0.25, -0.2) is 9.97 Å². The number of hydrogen-bond acceptors (Lipinski definition) is 11. The molecule has 0 unspecified atom stereocenters. The van der Waals surface area contributed by atoms with E-state index < -0.39 is 29.5 Å². The summed E-state index contributed by atoms with van der Waals surface area (Å²) >= 11 is 1.58. The molecule has 2 aliphatic rings. The number of carbonyl (C=O) groups is 5. The second-order valence-electron chi connectivity index (χ2n) is 20.2. The Morgan fingerprint density at radius 1 is 0.944 bits per heavy atom. The van der Waals surface area contributed by atoms with Crippen LogP contribution in [0.25, 0.3) is 32.4 Å². The number of likely N-dealkylation sites (tertiary alicyclic amines) is 2. The standard InChI is InChI=1S/C53H67N11O6S/c1-33-11-10-23-62(33)31-45-59-41-20-19-39(26-42(41)60-45)58-50(68)37-18-21-43-38(25-37)29-57-64(43)24-22-54-46(66)12-8-6-7-9-13-47(67)61-49(53(3,4)5)52(70)63-30-40(65)27-44(63)51(69)55-28-35-14-16-36(17-15-35)48-34(2)56-32-71-48/h14-21,25-26,29,32-33,40,44,49,65H,6-13,22-24,27-28,30-31H2,1-5H3,(H,54,66)(H,55,69)(H,58,68)(H,59,60)(H,61,67)/t33-,40+,44-,49+/m0/s1. The number of aliphatic hydroxyl groups is 1. The van der Waals surface area contributed by atoms with Crippen molar-refractivity contribution < 1.29 is 29.1 Å². The number of thiazole rings is 1. The average Bonchev–Trinajstić information content (AvgIpc) is 4.20. The molecule has 71 heavy (non-hydrogen) atoms. The lowest BCUT2D eigenvalue weighted by atomic mass is 9.85. The van der Waals surface area contributed by atoms with Crippen molar-refractivity contribution in [1.29, 1.82) is 0 Å². The Kier molecular flexibility index (Phi) is 16.3. The number of aromatic nitrogens is 5. The minimum Gasteiger partial charge on any atom is -0.391 e. The number of aromatic amines is 1. The molecule has 2 saturated heterocycles. The molecule has 0 spiro atoms. The maximum atomic E-state index is 14.0. The smallest absolute Gasteiger partial charge is 0.255 e. The van der Waals surface area contributed by atoms with Gasteiger partial charge < -0.3 is 36.3 Å². The van der Waals surface area contributed by atoms with Gasteiger partial charge in [-0.3, -0.25) is 33.6 Å². The number of H-pyrrole nitrogens is 1. The van der Waals surface area contributed by atoms with Crippen LogP contribution in [0.1, 0.15) is 113 Å². The zero-order chi connectivity index (χ0) is 50.2. The SMILES string of the molecule is Cc1ncsc1-c1ccc(CNC(=O)[C@@H]2C[C@@H](O)CN2C(=O)[C@@H](NC(=O)CCCCCCC(=O)NCCn2ncc3cc(C(=O)Nc4ccc5nc(CN6CCC[C@@H]6C)[nH]c5c4)ccc32)C(C)(C)C)cc1. The molecule has 6 N–H and O–H groups in total. The molecule has 4 atom stereocenters. The molecule has 2 aliphatic heterocycles. The van der Waals surface area contributed by atoms with Gasteiger partial charge in [0.1, 0.15) is 17.9 Å². The van der Waals surface area contributed by atoms with Crippen molar-refractivity contribution in [3.63, 3.8) is 0 Å². The lowest BCUT2D eigenvalue weighted by Crippen LogP contribution is -2.57. The van der Waals surface area contributed by atoms with E-state index in [9.17, 15) is 29.1 Å². The van der Waals surface area contributed by atoms with Gasteiger partial charge in [-0.2, -0.15) is 5.10 Å². The van der Waals surface area contributed by atoms with Gasteiger partial charge in [-0.1, -0.05) is 57.9 Å². The predicted molar refractivity (Wildman–Crippen MR) is 275 cm³/mol. The lowest BCUT2D eigenvalue weighted by Gasteiger charge is -2.35. The summed E-state index contributed by atoms with van der Waals surface area (Å²) in [6, 6.07) is 17.8. The van der Waals surface area contributed by atoms with Crippen molar-refractivity contribution >= 4 is 68.5 Å². The topological polar surface area (TPSA) is 220 Å². The first kappa shape index (κ1) is 50.9. The van der Waals surface area contributed by atoms with E-state index in [0.717, 1.165) is 75.4 Å². The number of nitrogens with zero attached hydrogens (tertiary/aromatic N) is 6. The summed E-state index contributed by atoms with van der Waals surface area (Å²) in [4.78, 5) is 84.1. The van der Waals surface area contributed by atoms with E-state index in [1.165, 1.54) is 17.7 Å². The molecule has 376 valence electrons. The number of carbonyl (C=O) groups excluding carboxylic acids is 5. The van der Waals surface area contributed by atoms with Crippen molar-refractivity contribution in [2.45, 2.75) is 136 Å². The molecule has 5 amide bonds. The van der Waals surface area contributed by atoms with Crippen LogP contribution in [-0.2, 0) is 38.8 Å². The molecule has 0 bridgehead atoms. The third-order valence-corrected chi connectivity index (χ3v) is 14.6. The Balaban J connectivity index is 0.720. The second kappa shape index (κ2) is 22.7. The third kappa shape index (κ3) is 12.9. The highest BCUT2D eigenvalue weighted by Crippen LogP contribution is 2.29. The minimum atomic E-state index is -0.899. The van der Waals surface area contributed by atoms with Crippen LogP contribution in [0.2, 0.25) is 0 Å². The molecule has 3 aromatic heterocycles. The monoisotopic (exact) mass is 985 g/mol. The quantitative estimate of drug-likeness (QED) is 0.0437. The summed E-state index contributed by atoms with van der Waals surface area (Å²) in [6.45, 7) is 12.8. The van der Waals surface area contributed by atoms with E-state index in [2.05, 4.69) is 48.2 Å². The Bertz CT molecular complexity index is 2850. The first-order chi connectivity index (χ1) is 34.1. The number of unbranched alkanes of at least 4 members (excludes halogenated alkanes) is 3. The number of amides is 5. The van der Waals surface area contributed by atoms with Gasteiger partial charge in [0, 0.05) is 61.6 Å². The van der Waals surface area contributed by atoms with Crippen molar-refractivity contribution in [2.75, 3.05) is 25.0 Å². The highest BCUT2D eigenvalue weighted by Gasteiger charge is 2.44. The third-order valence-electron chi connectivity index (χ3n) is 13.7. The van der Waals surface area contributed by atoms with Crippen LogP contribution < -0.4 is 21.3 Å². The summed E-state index contributed by atoms with van der Waals surface area (Å²) in [5.41, 5.74) is 7.87. The molecule has 0 saturated carbocycles. The molecule has 2 fully saturated rings. The zero-order valence-electron chi connectivity index (χ0n) is 41.4. The number of benzene rings is 3. The molecule has 0 aliphatic carbocycles. The van der Waals surface area contributed by atoms with E-state index in [1.807, 2.05) is 92.5 Å². The first-order valence-corrected chi connectivity index (χ1v) is 25.8. The Morgan fingerprint density at radius 3 is 2.44 bits per heavy atom. The maximum Gasteiger partial charge on any atom is 0.255 e. The summed E-state index contributed by atoms with van der Waals surface area (Å²) in [5, 5.41) is 27.8. The van der Waals surface area contributed by atoms with E-state index in [1.54, 1.807) is 23.6 Å². The van der Waals surface area contributed by atoms with Gasteiger partial charge >= 0.3 is 0 Å². The normalized spacial score (nSPS) is 17.7. The fourth-order valence-electron chi connectivity index (χ4n) is 9.57. The van der Waals surface area contributed by atoms with Gasteiger partial charge in [0.05, 0.1) is 58.0 Å². The van der Waals surface area contributed by atoms with Crippen LogP contribution in [0, 0.1) is 12.3 Å². The fraction of sp³-hybridized carbons (Fsp3) is 0.472. The van der Waals surface area contributed by atoms with E-state index >= 15 is 0 Å². The van der Waals surface area contributed by atoms with Crippen LogP contribution in [0.3, 0.4) is 0 Å². The van der Waals surface area contributed by atoms with Gasteiger partial charge in [0.25, 0.3) is 5.91 Å². The summed E-state index contributed by atoms with van der Waals surface area (Å²) < 4.78 is 1.81. The molecular formula is C53H67N11O6S. The number of rotatable bonds is 20. The van der Waals surface area contributed by atoms with E-state index in [4.69, 9.17) is 4.98 Å². The molecule has 8 rings (SSSR count). The number of aliphatic hydroxyl groups excluding tert-OH is 1. The van der Waals surface area contributed by atoms with Crippen LogP contribution in [0.4, 0.5) is 5.69 Å². The van der Waals surface area contributed by atoms with Gasteiger partial charge in [-0.15, -0.1) is 11.3 Å². The van der Waals surface area contributed by atoms with Gasteiger partial charge in [-0.05, 0) is 99.0 Å². The summed E-state index contributed by atoms with van der Waals surface area (Å²) in [6.07, 6.45) is 6.72. The second-order valence-corrected chi connectivity index (χ2v) is 21.0. The average molecular weight is 986 g/mol. The number of β-amino-alcohol motifs (C(OH)–C–C–N with tert-alkyl or cyclic N) is 1. The number of imidazole rings is 1. The Labute approximate surface area is 418 Å². The molecule has 0 radical (unpaired) electrons. The van der Waals surface area contributed by atoms with Crippen LogP contribution in [0.5, 0.6) is 0 Å². The summed E-state index contributed by atoms with van der Waals surface area (Å²) in [5.74, 6) is -0.384. The number of aryl methyl sites for hydroxylation is 1. The molecule has 3 aromatic carbocycles. The summed E-state index contributed by atoms with van der Waals surface area (Å²) in [7, 11) is 0. The maximum absolute atomic E-state index is 14.0. The lowest BCUT2D eigenvalue weighted by molar-refractivity contribution is -0.144. The predicted octanol–water partition coefficient (Wildman–Crippen LogP) is 6.85. The first-order valence-electron chi connectivity index (χ1n) is 24.9. The van der Waals surface area contributed by atoms with Crippen LogP contribution in [-0.4, -0.2) is 113 Å². The fourth-order valence-corrected chi connectivity index (χ4v) is 10.4. The van der Waals surface area contributed by atoms with Crippen molar-refractivity contribution in [2.24, 2.45) is 5.41 Å². The molecule has 18 heteroatoms. The molecule has 17 nitrogen and oxygen atoms in total. The van der Waals surface area contributed by atoms with Gasteiger partial charge in [0.15, 0.2) is 0 Å². The molecule has 5 heterocycles. The largest absolute Gasteiger partial charge is 0.391 e.